The SMILES string of the molecule is Cl.O=C(Cn1cc(C(=O)N2CCC(c3ccccc3F)CC2)c2ccc(Cl)cc21)N1CCNCC1. The summed E-state index contributed by atoms with van der Waals surface area (Å²) < 4.78 is 16.1. The van der Waals surface area contributed by atoms with E-state index in [-0.39, 0.29) is 42.5 Å². The Morgan fingerprint density at radius 3 is 2.43 bits per heavy atom. The van der Waals surface area contributed by atoms with Crippen molar-refractivity contribution in [1.82, 2.24) is 19.7 Å². The Hall–Kier alpha value is -2.61. The number of rotatable bonds is 4. The maximum Gasteiger partial charge on any atom is 0.256 e. The Morgan fingerprint density at radius 2 is 1.71 bits per heavy atom. The molecule has 2 aliphatic heterocycles. The van der Waals surface area contributed by atoms with E-state index in [4.69, 9.17) is 11.6 Å². The van der Waals surface area contributed by atoms with Gasteiger partial charge in [0.2, 0.25) is 5.91 Å². The highest BCUT2D eigenvalue weighted by atomic mass is 35.5. The molecule has 2 saturated heterocycles. The molecule has 0 saturated carbocycles. The van der Waals surface area contributed by atoms with Crippen molar-refractivity contribution >= 4 is 46.7 Å². The molecule has 1 N–H and O–H groups in total. The third-order valence-corrected chi connectivity index (χ3v) is 7.21. The van der Waals surface area contributed by atoms with Crippen LogP contribution in [0, 0.1) is 5.82 Å². The highest BCUT2D eigenvalue weighted by molar-refractivity contribution is 6.31. The lowest BCUT2D eigenvalue weighted by molar-refractivity contribution is -0.132. The molecule has 3 heterocycles. The lowest BCUT2D eigenvalue weighted by Gasteiger charge is -2.32. The molecule has 6 nitrogen and oxygen atoms in total. The van der Waals surface area contributed by atoms with E-state index in [0.717, 1.165) is 42.4 Å². The minimum Gasteiger partial charge on any atom is -0.339 e. The van der Waals surface area contributed by atoms with Crippen molar-refractivity contribution in [1.29, 1.82) is 0 Å². The maximum absolute atomic E-state index is 14.2. The highest BCUT2D eigenvalue weighted by Gasteiger charge is 2.28. The van der Waals surface area contributed by atoms with Crippen molar-refractivity contribution in [2.45, 2.75) is 25.3 Å². The van der Waals surface area contributed by atoms with Gasteiger partial charge in [0.15, 0.2) is 0 Å². The quantitative estimate of drug-likeness (QED) is 0.559. The highest BCUT2D eigenvalue weighted by Crippen LogP contribution is 2.32. The van der Waals surface area contributed by atoms with Gasteiger partial charge in [0.25, 0.3) is 5.91 Å². The number of piperazine rings is 1. The average molecular weight is 519 g/mol. The zero-order valence-corrected chi connectivity index (χ0v) is 21.0. The Morgan fingerprint density at radius 1 is 1.00 bits per heavy atom. The van der Waals surface area contributed by atoms with Gasteiger partial charge in [-0.2, -0.15) is 0 Å². The summed E-state index contributed by atoms with van der Waals surface area (Å²) in [5, 5.41) is 4.61. The second-order valence-corrected chi connectivity index (χ2v) is 9.49. The summed E-state index contributed by atoms with van der Waals surface area (Å²) in [5.74, 6) is -0.0980. The summed E-state index contributed by atoms with van der Waals surface area (Å²) in [4.78, 5) is 30.1. The molecule has 186 valence electrons. The summed E-state index contributed by atoms with van der Waals surface area (Å²) in [6.45, 7) is 4.24. The molecule has 2 fully saturated rings. The molecule has 0 spiro atoms. The van der Waals surface area contributed by atoms with Crippen LogP contribution in [0.4, 0.5) is 4.39 Å². The Bertz CT molecular complexity index is 1220. The fourth-order valence-electron chi connectivity index (χ4n) is 5.10. The molecular formula is C26H29Cl2FN4O2. The number of nitrogens with zero attached hydrogens (tertiary/aromatic N) is 3. The first-order valence-electron chi connectivity index (χ1n) is 11.8. The molecule has 0 aliphatic carbocycles. The van der Waals surface area contributed by atoms with E-state index >= 15 is 0 Å². The van der Waals surface area contributed by atoms with Gasteiger partial charge in [-0.25, -0.2) is 4.39 Å². The summed E-state index contributed by atoms with van der Waals surface area (Å²) in [6, 6.07) is 12.3. The van der Waals surface area contributed by atoms with Crippen LogP contribution in [0.25, 0.3) is 10.9 Å². The fourth-order valence-corrected chi connectivity index (χ4v) is 5.26. The number of fused-ring (bicyclic) bond motifs is 1. The van der Waals surface area contributed by atoms with Crippen molar-refractivity contribution in [3.63, 3.8) is 0 Å². The van der Waals surface area contributed by atoms with E-state index in [1.165, 1.54) is 6.07 Å². The molecule has 9 heteroatoms. The largest absolute Gasteiger partial charge is 0.339 e. The normalized spacial score (nSPS) is 16.9. The zero-order valence-electron chi connectivity index (χ0n) is 19.4. The standard InChI is InChI=1S/C26H28ClFN4O2.ClH/c27-19-5-6-21-22(16-32(24(21)15-19)17-25(33)30-13-9-29-10-14-30)26(34)31-11-7-18(8-12-31)20-3-1-2-4-23(20)28;/h1-6,15-16,18,29H,7-14,17H2;1H. The van der Waals surface area contributed by atoms with Crippen LogP contribution in [0.1, 0.15) is 34.7 Å². The number of carbonyl (C=O) groups is 2. The van der Waals surface area contributed by atoms with Gasteiger partial charge in [-0.05, 0) is 42.5 Å². The van der Waals surface area contributed by atoms with E-state index < -0.39 is 0 Å². The topological polar surface area (TPSA) is 57.6 Å². The predicted molar refractivity (Wildman–Crippen MR) is 138 cm³/mol. The number of aromatic nitrogens is 1. The third kappa shape index (κ3) is 5.32. The number of hydrogen-bond acceptors (Lipinski definition) is 3. The van der Waals surface area contributed by atoms with E-state index in [2.05, 4.69) is 5.32 Å². The molecule has 35 heavy (non-hydrogen) atoms. The molecule has 2 amide bonds. The fraction of sp³-hybridized carbons (Fsp3) is 0.385. The number of nitrogens with one attached hydrogen (secondary N) is 1. The summed E-state index contributed by atoms with van der Waals surface area (Å²) in [5.41, 5.74) is 2.08. The van der Waals surface area contributed by atoms with Crippen LogP contribution in [0.2, 0.25) is 5.02 Å². The number of amides is 2. The van der Waals surface area contributed by atoms with Crippen molar-refractivity contribution in [3.8, 4) is 0 Å². The molecule has 0 unspecified atom stereocenters. The number of benzene rings is 2. The number of halogens is 3. The average Bonchev–Trinajstić information content (AvgIpc) is 3.21. The van der Waals surface area contributed by atoms with Gasteiger partial charge in [-0.15, -0.1) is 12.4 Å². The number of hydrogen-bond donors (Lipinski definition) is 1. The van der Waals surface area contributed by atoms with Crippen LogP contribution in [-0.4, -0.2) is 65.4 Å². The van der Waals surface area contributed by atoms with E-state index in [1.807, 2.05) is 38.6 Å². The predicted octanol–water partition coefficient (Wildman–Crippen LogP) is 4.31. The van der Waals surface area contributed by atoms with Crippen LogP contribution in [0.15, 0.2) is 48.7 Å². The molecule has 2 aromatic carbocycles. The first-order chi connectivity index (χ1) is 16.5. The van der Waals surface area contributed by atoms with Gasteiger partial charge in [0.1, 0.15) is 12.4 Å². The number of likely N-dealkylation sites (tertiary alicyclic amines) is 1. The van der Waals surface area contributed by atoms with E-state index in [9.17, 15) is 14.0 Å². The molecule has 1 aromatic heterocycles. The molecule has 3 aromatic rings. The molecular weight excluding hydrogens is 490 g/mol. The van der Waals surface area contributed by atoms with E-state index in [1.54, 1.807) is 18.3 Å². The van der Waals surface area contributed by atoms with Gasteiger partial charge in [-0.1, -0.05) is 35.9 Å². The van der Waals surface area contributed by atoms with Crippen LogP contribution in [-0.2, 0) is 11.3 Å². The summed E-state index contributed by atoms with van der Waals surface area (Å²) in [6.07, 6.45) is 3.23. The maximum atomic E-state index is 14.2. The summed E-state index contributed by atoms with van der Waals surface area (Å²) >= 11 is 6.26. The first kappa shape index (κ1) is 25.5. The van der Waals surface area contributed by atoms with Gasteiger partial charge in [-0.3, -0.25) is 9.59 Å². The molecule has 2 aliphatic rings. The zero-order chi connectivity index (χ0) is 23.7. The van der Waals surface area contributed by atoms with Gasteiger partial charge < -0.3 is 19.7 Å². The van der Waals surface area contributed by atoms with Gasteiger partial charge in [0.05, 0.1) is 11.1 Å². The van der Waals surface area contributed by atoms with Crippen LogP contribution in [0.3, 0.4) is 0 Å². The lowest BCUT2D eigenvalue weighted by Crippen LogP contribution is -2.47. The van der Waals surface area contributed by atoms with Crippen molar-refractivity contribution in [2.24, 2.45) is 0 Å². The molecule has 0 atom stereocenters. The lowest BCUT2D eigenvalue weighted by atomic mass is 9.89. The minimum absolute atomic E-state index is 0. The van der Waals surface area contributed by atoms with Crippen molar-refractivity contribution in [2.75, 3.05) is 39.3 Å². The van der Waals surface area contributed by atoms with Crippen molar-refractivity contribution < 1.29 is 14.0 Å². The van der Waals surface area contributed by atoms with Crippen LogP contribution in [0.5, 0.6) is 0 Å². The third-order valence-electron chi connectivity index (χ3n) is 6.98. The Kier molecular flexibility index (Phi) is 7.99. The molecule has 0 bridgehead atoms. The smallest absolute Gasteiger partial charge is 0.256 e. The van der Waals surface area contributed by atoms with Crippen molar-refractivity contribution in [3.05, 3.63) is 70.6 Å². The Balaban J connectivity index is 0.00000289. The van der Waals surface area contributed by atoms with E-state index in [0.29, 0.717) is 36.8 Å². The number of piperidine rings is 1. The van der Waals surface area contributed by atoms with Crippen LogP contribution >= 0.6 is 24.0 Å². The second-order valence-electron chi connectivity index (χ2n) is 9.05. The van der Waals surface area contributed by atoms with Gasteiger partial charge >= 0.3 is 0 Å². The molecule has 0 radical (unpaired) electrons. The summed E-state index contributed by atoms with van der Waals surface area (Å²) in [7, 11) is 0. The van der Waals surface area contributed by atoms with Crippen LogP contribution < -0.4 is 5.32 Å². The van der Waals surface area contributed by atoms with Gasteiger partial charge in [0, 0.05) is 55.9 Å². The first-order valence-corrected chi connectivity index (χ1v) is 12.2. The molecule has 5 rings (SSSR count). The number of carbonyl (C=O) groups excluding carboxylic acids is 2. The Labute approximate surface area is 215 Å². The minimum atomic E-state index is -0.179. The monoisotopic (exact) mass is 518 g/mol. The second kappa shape index (κ2) is 11.0.